The summed E-state index contributed by atoms with van der Waals surface area (Å²) in [6.07, 6.45) is -5.41. The monoisotopic (exact) mass is 1920 g/mol. The number of carboxylic acids is 5. The second-order valence-corrected chi connectivity index (χ2v) is 35.4. The molecular formula is C94H145N19O24. The summed E-state index contributed by atoms with van der Waals surface area (Å²) in [6.45, 7) is 19.1. The molecule has 3 aromatic carbocycles. The maximum absolute atomic E-state index is 14.8. The number of rotatable bonds is 68. The van der Waals surface area contributed by atoms with Gasteiger partial charge in [-0.3, -0.25) is 96.5 Å². The molecule has 0 heterocycles. The zero-order valence-corrected chi connectivity index (χ0v) is 80.2. The van der Waals surface area contributed by atoms with Crippen molar-refractivity contribution in [3.8, 4) is 0 Å². The first-order valence-corrected chi connectivity index (χ1v) is 46.7. The Balaban J connectivity index is 1.97. The Morgan fingerprint density at radius 2 is 0.664 bits per heavy atom. The molecule has 3 aromatic rings. The summed E-state index contributed by atoms with van der Waals surface area (Å²) in [5.41, 5.74) is 13.6. The molecule has 0 bridgehead atoms. The Hall–Kier alpha value is -13.2. The molecule has 14 amide bonds. The Morgan fingerprint density at radius 1 is 0.336 bits per heavy atom. The summed E-state index contributed by atoms with van der Waals surface area (Å²) in [5, 5.41) is 98.6. The van der Waals surface area contributed by atoms with Crippen molar-refractivity contribution in [3.63, 3.8) is 0 Å². The number of carboxylic acid groups (broad SMARTS) is 5. The molecule has 760 valence electrons. The fourth-order valence-corrected chi connectivity index (χ4v) is 14.3. The van der Waals surface area contributed by atoms with Crippen LogP contribution < -0.4 is 96.5 Å². The third-order valence-corrected chi connectivity index (χ3v) is 22.5. The first-order chi connectivity index (χ1) is 64.7. The van der Waals surface area contributed by atoms with Crippen LogP contribution in [0, 0.1) is 29.1 Å². The van der Waals surface area contributed by atoms with Crippen molar-refractivity contribution in [2.75, 3.05) is 13.1 Å². The van der Waals surface area contributed by atoms with Crippen molar-refractivity contribution in [1.29, 1.82) is 5.41 Å². The van der Waals surface area contributed by atoms with E-state index in [0.29, 0.717) is 12.8 Å². The highest BCUT2D eigenvalue weighted by atomic mass is 16.4. The molecule has 0 aliphatic heterocycles. The molecule has 0 aliphatic rings. The Labute approximate surface area is 798 Å². The van der Waals surface area contributed by atoms with Crippen LogP contribution in [0.15, 0.2) is 91.0 Å². The second-order valence-electron chi connectivity index (χ2n) is 35.4. The summed E-state index contributed by atoms with van der Waals surface area (Å²) >= 11 is 0. The summed E-state index contributed by atoms with van der Waals surface area (Å²) in [4.78, 5) is 263. The van der Waals surface area contributed by atoms with Gasteiger partial charge in [0, 0.05) is 51.2 Å². The third-order valence-electron chi connectivity index (χ3n) is 22.5. The number of carbonyl (C=O) groups is 19. The smallest absolute Gasteiger partial charge is 0.305 e. The van der Waals surface area contributed by atoms with Gasteiger partial charge in [0.05, 0.1) is 12.5 Å². The number of unbranched alkanes of at least 4 members (excludes halogenated alkanes) is 2. The van der Waals surface area contributed by atoms with Gasteiger partial charge in [-0.15, -0.1) is 0 Å². The van der Waals surface area contributed by atoms with Gasteiger partial charge in [0.15, 0.2) is 5.96 Å². The van der Waals surface area contributed by atoms with Gasteiger partial charge in [-0.25, -0.2) is 0 Å². The Bertz CT molecular complexity index is 4460. The van der Waals surface area contributed by atoms with Crippen molar-refractivity contribution in [2.24, 2.45) is 35.1 Å². The van der Waals surface area contributed by atoms with Gasteiger partial charge in [0.1, 0.15) is 78.5 Å². The van der Waals surface area contributed by atoms with Crippen LogP contribution in [0.1, 0.15) is 228 Å². The summed E-state index contributed by atoms with van der Waals surface area (Å²) < 4.78 is 0. The summed E-state index contributed by atoms with van der Waals surface area (Å²) in [5.74, 6) is -22.8. The van der Waals surface area contributed by atoms with E-state index in [1.54, 1.807) is 126 Å². The fraction of sp³-hybridized carbons (Fsp3) is 0.596. The lowest BCUT2D eigenvalue weighted by atomic mass is 9.98. The Morgan fingerprint density at radius 3 is 1.03 bits per heavy atom. The minimum Gasteiger partial charge on any atom is -0.481 e. The molecule has 0 fully saturated rings. The van der Waals surface area contributed by atoms with Gasteiger partial charge in [0.2, 0.25) is 82.7 Å². The van der Waals surface area contributed by atoms with E-state index in [9.17, 15) is 117 Å². The first-order valence-electron chi connectivity index (χ1n) is 46.7. The van der Waals surface area contributed by atoms with E-state index in [0.717, 1.165) is 30.0 Å². The van der Waals surface area contributed by atoms with E-state index in [-0.39, 0.29) is 114 Å². The van der Waals surface area contributed by atoms with Crippen LogP contribution in [0.2, 0.25) is 0 Å². The molecule has 0 aliphatic carbocycles. The van der Waals surface area contributed by atoms with Crippen molar-refractivity contribution in [1.82, 2.24) is 85.1 Å². The van der Waals surface area contributed by atoms with Crippen molar-refractivity contribution in [2.45, 2.75) is 321 Å². The number of carbonyl (C=O) groups excluding carboxylic acids is 14. The summed E-state index contributed by atoms with van der Waals surface area (Å²) in [7, 11) is 0. The minimum absolute atomic E-state index is 0.0116. The van der Waals surface area contributed by atoms with Gasteiger partial charge in [-0.2, -0.15) is 0 Å². The zero-order chi connectivity index (χ0) is 103. The van der Waals surface area contributed by atoms with Crippen LogP contribution in [0.5, 0.6) is 0 Å². The van der Waals surface area contributed by atoms with E-state index in [1.165, 1.54) is 13.8 Å². The number of aryl methyl sites for hydroxylation is 1. The number of nitrogens with two attached hydrogens (primary N) is 2. The Kier molecular flexibility index (Phi) is 54.4. The second kappa shape index (κ2) is 63.2. The van der Waals surface area contributed by atoms with Gasteiger partial charge in [-0.05, 0) is 151 Å². The van der Waals surface area contributed by atoms with Crippen molar-refractivity contribution < 1.29 is 117 Å². The largest absolute Gasteiger partial charge is 0.481 e. The van der Waals surface area contributed by atoms with E-state index in [2.05, 4.69) is 85.1 Å². The highest BCUT2D eigenvalue weighted by Crippen LogP contribution is 2.18. The third kappa shape index (κ3) is 47.2. The highest BCUT2D eigenvalue weighted by molar-refractivity contribution is 6.01. The van der Waals surface area contributed by atoms with Crippen LogP contribution >= 0.6 is 0 Å². The van der Waals surface area contributed by atoms with Crippen LogP contribution in [0.4, 0.5) is 0 Å². The number of amides is 14. The van der Waals surface area contributed by atoms with E-state index >= 15 is 0 Å². The van der Waals surface area contributed by atoms with Gasteiger partial charge in [-0.1, -0.05) is 173 Å². The normalized spacial score (nSPS) is 14.7. The summed E-state index contributed by atoms with van der Waals surface area (Å²) in [6, 6.07) is 4.35. The van der Waals surface area contributed by atoms with Gasteiger partial charge < -0.3 is 122 Å². The lowest BCUT2D eigenvalue weighted by molar-refractivity contribution is -0.141. The van der Waals surface area contributed by atoms with Crippen LogP contribution in [-0.2, 0) is 110 Å². The van der Waals surface area contributed by atoms with Crippen LogP contribution in [-0.4, -0.2) is 248 Å². The predicted molar refractivity (Wildman–Crippen MR) is 505 cm³/mol. The van der Waals surface area contributed by atoms with Gasteiger partial charge >= 0.3 is 29.8 Å². The molecule has 3 rings (SSSR count). The lowest BCUT2D eigenvalue weighted by Crippen LogP contribution is -2.61. The quantitative estimate of drug-likeness (QED) is 0.0214. The average molecular weight is 1930 g/mol. The molecule has 43 nitrogen and oxygen atoms in total. The number of aliphatic carboxylic acids is 5. The molecule has 0 radical (unpaired) electrons. The molecule has 137 heavy (non-hydrogen) atoms. The molecule has 43 heteroatoms. The molecule has 0 unspecified atom stereocenters. The maximum atomic E-state index is 14.8. The maximum Gasteiger partial charge on any atom is 0.305 e. The highest BCUT2D eigenvalue weighted by Gasteiger charge is 2.40. The average Bonchev–Trinajstić information content (AvgIpc) is 0.843. The number of nitrogens with one attached hydrogen (secondary N) is 17. The zero-order valence-electron chi connectivity index (χ0n) is 80.2. The molecular weight excluding hydrogens is 1780 g/mol. The molecule has 0 spiro atoms. The number of hydrogen-bond acceptors (Lipinski definition) is 22. The fourth-order valence-electron chi connectivity index (χ4n) is 14.3. The van der Waals surface area contributed by atoms with Crippen molar-refractivity contribution >= 4 is 119 Å². The molecule has 26 N–H and O–H groups in total. The lowest BCUT2D eigenvalue weighted by Gasteiger charge is -2.29. The van der Waals surface area contributed by atoms with Crippen molar-refractivity contribution in [3.05, 3.63) is 108 Å². The van der Waals surface area contributed by atoms with Crippen LogP contribution in [0.25, 0.3) is 0 Å². The predicted octanol–water partition coefficient (Wildman–Crippen LogP) is 1.16. The number of hydrogen-bond donors (Lipinski definition) is 24. The molecule has 0 saturated heterocycles. The molecule has 16 atom stereocenters. The van der Waals surface area contributed by atoms with Gasteiger partial charge in [0.25, 0.3) is 0 Å². The molecule has 0 aromatic heterocycles. The minimum atomic E-state index is -2.00. The van der Waals surface area contributed by atoms with E-state index in [1.807, 2.05) is 20.8 Å². The first kappa shape index (κ1) is 118. The van der Waals surface area contributed by atoms with E-state index in [4.69, 9.17) is 16.9 Å². The topological polar surface area (TPSA) is 694 Å². The molecule has 0 saturated carbocycles. The van der Waals surface area contributed by atoms with E-state index < -0.39 is 267 Å². The number of benzene rings is 3. The SMILES string of the molecule is CCCC[C@H](NC(=O)[C@H](CCC(=O)O)NC(=O)[C@H](CCCCN)NC(=O)[C@@H](CCc1ccccc1)NC(=O)[C@H](CC(C)C)NC(=O)[C@H](CC(=O)O)NCc1ccccc1)C(=O)N[C@@H](CCC(=O)O)C(=O)N[C@@H](CCC(=O)O)C(=O)N[C@@H](CCC(=O)O)C(=O)N[C@@H](C)C(=O)N[C@H](C(=O)N[C@@H](CCCNC(=N)N)C(=O)N[C@@H](CC(C)C)C(=O)N[C@@H](Cc1ccccc1)C(=O)N[C@H](C)[C@@H](C)CC)C(C)C. The standard InChI is InChI=1S/C94H145N19O24/c1-12-14-33-62(102-86(130)67(39-43-75(116)117)106-83(127)63(34-24-25-46-95)103-85(129)65(37-36-59-27-18-15-19-28-59)108-91(135)71(48-53(3)4)111-89(133)70(51-78(122)123)99-52-61-31-22-17-23-32-61)82(126)105-68(40-44-76(118)119)88(132)107-69(41-45-77(120)121)87(131)104-66(38-42-74(114)115)81(125)101-58(11)80(124)113-79(55(7)8)93(137)109-64(35-26-47-98-94(96)97)84(128)110-72(49-54(5)6)92(136)112-73(50-60-29-20-16-21-30-60)90(134)100-57(10)56(9)13-2/h15-23,27-32,53-58,62-73,79,99H,12-14,24-26,33-52,95H2,1-11H3,(H,100,134)(H,101,125)(H,102,130)(H,103,129)(H,104,131)(H,105,126)(H,106,127)(H,107,132)(H,108,135)(H,109,137)(H,110,128)(H,111,133)(H,112,136)(H,113,124)(H,114,115)(H,116,117)(H,118,119)(H,120,121)(H,122,123)(H4,96,97,98)/t56-,57+,58-,62-,63-,64-,65+,66-,67-,68-,69-,70-,71-,72-,73-,79-/m0/s1. The van der Waals surface area contributed by atoms with Crippen LogP contribution in [0.3, 0.4) is 0 Å². The number of guanidine groups is 1.